The molecule has 0 radical (unpaired) electrons. The lowest BCUT2D eigenvalue weighted by Gasteiger charge is -2.32. The van der Waals surface area contributed by atoms with E-state index in [0.717, 1.165) is 21.9 Å². The third-order valence-corrected chi connectivity index (χ3v) is 4.82. The van der Waals surface area contributed by atoms with Gasteiger partial charge < -0.3 is 14.6 Å². The number of nitrogens with one attached hydrogen (secondary N) is 1. The molecule has 23 heavy (non-hydrogen) atoms. The summed E-state index contributed by atoms with van der Waals surface area (Å²) in [6.07, 6.45) is 2.79. The van der Waals surface area contributed by atoms with Crippen molar-refractivity contribution in [1.82, 2.24) is 14.9 Å². The smallest absolute Gasteiger partial charge is 0.264 e. The first-order chi connectivity index (χ1) is 11.1. The van der Waals surface area contributed by atoms with Crippen molar-refractivity contribution in [3.8, 4) is 0 Å². The lowest BCUT2D eigenvalue weighted by Crippen LogP contribution is -2.45. The number of H-pyrrole nitrogens is 1. The van der Waals surface area contributed by atoms with Crippen LogP contribution in [0.2, 0.25) is 0 Å². The fourth-order valence-corrected chi connectivity index (χ4v) is 3.47. The Morgan fingerprint density at radius 2 is 2.39 bits per heavy atom. The van der Waals surface area contributed by atoms with Gasteiger partial charge in [-0.3, -0.25) is 9.59 Å². The lowest BCUT2D eigenvalue weighted by molar-refractivity contribution is -0.0245. The summed E-state index contributed by atoms with van der Waals surface area (Å²) in [5.41, 5.74) is 0.596. The highest BCUT2D eigenvalue weighted by Gasteiger charge is 2.25. The Bertz CT molecular complexity index is 740. The van der Waals surface area contributed by atoms with Gasteiger partial charge in [-0.05, 0) is 31.9 Å². The molecule has 1 aliphatic heterocycles. The number of thiophene rings is 1. The zero-order chi connectivity index (χ0) is 16.2. The van der Waals surface area contributed by atoms with Crippen LogP contribution in [0.4, 0.5) is 0 Å². The molecular weight excluding hydrogens is 314 g/mol. The largest absolute Gasteiger partial charge is 0.375 e. The first-order valence-corrected chi connectivity index (χ1v) is 8.44. The van der Waals surface area contributed by atoms with Crippen LogP contribution in [0.25, 0.3) is 0 Å². The average molecular weight is 333 g/mol. The van der Waals surface area contributed by atoms with Gasteiger partial charge in [-0.1, -0.05) is 0 Å². The number of hydrogen-bond acceptors (Lipinski definition) is 5. The van der Waals surface area contributed by atoms with E-state index < -0.39 is 0 Å². The Kier molecular flexibility index (Phi) is 4.88. The molecule has 2 aromatic rings. The molecule has 1 aliphatic rings. The van der Waals surface area contributed by atoms with Crippen LogP contribution in [-0.4, -0.2) is 46.6 Å². The number of carbonyl (C=O) groups is 1. The number of hydrogen-bond donors (Lipinski definition) is 1. The SMILES string of the molecule is Cc1ccc(C(=O)N2CCOC(CCc3cc(=O)[nH]cn3)C2)s1. The number of nitrogens with zero attached hydrogens (tertiary/aromatic N) is 2. The van der Waals surface area contributed by atoms with Gasteiger partial charge in [0.25, 0.3) is 11.5 Å². The van der Waals surface area contributed by atoms with Gasteiger partial charge >= 0.3 is 0 Å². The Labute approximate surface area is 138 Å². The van der Waals surface area contributed by atoms with Gasteiger partial charge in [0.05, 0.1) is 23.9 Å². The van der Waals surface area contributed by atoms with Gasteiger partial charge in [0.2, 0.25) is 0 Å². The van der Waals surface area contributed by atoms with Crippen LogP contribution in [0.3, 0.4) is 0 Å². The Morgan fingerprint density at radius 3 is 3.13 bits per heavy atom. The Morgan fingerprint density at radius 1 is 1.52 bits per heavy atom. The van der Waals surface area contributed by atoms with E-state index in [0.29, 0.717) is 26.1 Å². The quantitative estimate of drug-likeness (QED) is 0.922. The molecular formula is C16H19N3O3S. The Hall–Kier alpha value is -1.99. The van der Waals surface area contributed by atoms with Gasteiger partial charge in [-0.15, -0.1) is 11.3 Å². The summed E-state index contributed by atoms with van der Waals surface area (Å²) in [6, 6.07) is 5.35. The molecule has 1 amide bonds. The third kappa shape index (κ3) is 4.05. The minimum Gasteiger partial charge on any atom is -0.375 e. The van der Waals surface area contributed by atoms with Crippen LogP contribution in [0.1, 0.15) is 26.7 Å². The summed E-state index contributed by atoms with van der Waals surface area (Å²) >= 11 is 1.52. The standard InChI is InChI=1S/C16H19N3O3S/c1-11-2-5-14(23-11)16(21)19-6-7-22-13(9-19)4-3-12-8-15(20)18-10-17-12/h2,5,8,10,13H,3-4,6-7,9H2,1H3,(H,17,18,20). The predicted molar refractivity (Wildman–Crippen MR) is 87.9 cm³/mol. The van der Waals surface area contributed by atoms with E-state index in [4.69, 9.17) is 4.74 Å². The second kappa shape index (κ2) is 7.06. The van der Waals surface area contributed by atoms with E-state index in [1.165, 1.54) is 23.7 Å². The van der Waals surface area contributed by atoms with Crippen molar-refractivity contribution in [1.29, 1.82) is 0 Å². The summed E-state index contributed by atoms with van der Waals surface area (Å²) < 4.78 is 5.75. The summed E-state index contributed by atoms with van der Waals surface area (Å²) in [5.74, 6) is 0.0747. The van der Waals surface area contributed by atoms with Gasteiger partial charge in [0.15, 0.2) is 0 Å². The van der Waals surface area contributed by atoms with Crippen LogP contribution in [0.5, 0.6) is 0 Å². The van der Waals surface area contributed by atoms with Gasteiger partial charge in [0.1, 0.15) is 0 Å². The van der Waals surface area contributed by atoms with Crippen LogP contribution in [0.15, 0.2) is 29.3 Å². The highest BCUT2D eigenvalue weighted by Crippen LogP contribution is 2.19. The van der Waals surface area contributed by atoms with Crippen molar-refractivity contribution >= 4 is 17.2 Å². The molecule has 3 rings (SSSR count). The summed E-state index contributed by atoms with van der Waals surface area (Å²) in [5, 5.41) is 0. The predicted octanol–water partition coefficient (Wildman–Crippen LogP) is 1.61. The maximum absolute atomic E-state index is 12.5. The minimum absolute atomic E-state index is 0.0187. The van der Waals surface area contributed by atoms with Gasteiger partial charge in [-0.2, -0.15) is 0 Å². The first-order valence-electron chi connectivity index (χ1n) is 7.63. The highest BCUT2D eigenvalue weighted by molar-refractivity contribution is 7.13. The van der Waals surface area contributed by atoms with E-state index in [2.05, 4.69) is 9.97 Å². The number of ether oxygens (including phenoxy) is 1. The summed E-state index contributed by atoms with van der Waals surface area (Å²) in [7, 11) is 0. The first kappa shape index (κ1) is 15.9. The molecule has 0 bridgehead atoms. The molecule has 6 nitrogen and oxygen atoms in total. The number of carbonyl (C=O) groups excluding carboxylic acids is 1. The van der Waals surface area contributed by atoms with Crippen molar-refractivity contribution in [2.45, 2.75) is 25.9 Å². The minimum atomic E-state index is -0.149. The maximum atomic E-state index is 12.5. The molecule has 122 valence electrons. The Balaban J connectivity index is 1.57. The number of aryl methyl sites for hydroxylation is 2. The molecule has 1 fully saturated rings. The van der Waals surface area contributed by atoms with Gasteiger partial charge in [-0.25, -0.2) is 4.98 Å². The molecule has 0 aromatic carbocycles. The summed E-state index contributed by atoms with van der Waals surface area (Å²) in [4.78, 5) is 34.2. The van der Waals surface area contributed by atoms with E-state index in [-0.39, 0.29) is 17.6 Å². The maximum Gasteiger partial charge on any atom is 0.264 e. The van der Waals surface area contributed by atoms with Crippen molar-refractivity contribution < 1.29 is 9.53 Å². The van der Waals surface area contributed by atoms with Crippen LogP contribution in [0, 0.1) is 6.92 Å². The molecule has 1 atom stereocenters. The number of aromatic nitrogens is 2. The van der Waals surface area contributed by atoms with E-state index in [1.54, 1.807) is 0 Å². The molecule has 0 saturated carbocycles. The fourth-order valence-electron chi connectivity index (χ4n) is 2.64. The van der Waals surface area contributed by atoms with E-state index in [1.807, 2.05) is 24.0 Å². The molecule has 1 N–H and O–H groups in total. The van der Waals surface area contributed by atoms with Crippen molar-refractivity contribution in [3.63, 3.8) is 0 Å². The van der Waals surface area contributed by atoms with Crippen molar-refractivity contribution in [3.05, 3.63) is 50.3 Å². The highest BCUT2D eigenvalue weighted by atomic mass is 32.1. The molecule has 1 unspecified atom stereocenters. The number of amides is 1. The van der Waals surface area contributed by atoms with Crippen LogP contribution >= 0.6 is 11.3 Å². The average Bonchev–Trinajstić information content (AvgIpc) is 2.99. The fraction of sp³-hybridized carbons (Fsp3) is 0.438. The zero-order valence-corrected chi connectivity index (χ0v) is 13.8. The van der Waals surface area contributed by atoms with E-state index >= 15 is 0 Å². The van der Waals surface area contributed by atoms with Crippen molar-refractivity contribution in [2.24, 2.45) is 0 Å². The van der Waals surface area contributed by atoms with Crippen LogP contribution < -0.4 is 5.56 Å². The number of aromatic amines is 1. The van der Waals surface area contributed by atoms with Gasteiger partial charge in [0, 0.05) is 29.7 Å². The second-order valence-electron chi connectivity index (χ2n) is 5.60. The second-order valence-corrected chi connectivity index (χ2v) is 6.88. The number of morpholine rings is 1. The molecule has 2 aromatic heterocycles. The normalized spacial score (nSPS) is 18.1. The molecule has 1 saturated heterocycles. The van der Waals surface area contributed by atoms with E-state index in [9.17, 15) is 9.59 Å². The summed E-state index contributed by atoms with van der Waals surface area (Å²) in [6.45, 7) is 3.75. The monoisotopic (exact) mass is 333 g/mol. The topological polar surface area (TPSA) is 75.3 Å². The molecule has 0 spiro atoms. The zero-order valence-electron chi connectivity index (χ0n) is 12.9. The lowest BCUT2D eigenvalue weighted by atomic mass is 10.1. The molecule has 3 heterocycles. The number of rotatable bonds is 4. The van der Waals surface area contributed by atoms with Crippen molar-refractivity contribution in [2.75, 3.05) is 19.7 Å². The molecule has 0 aliphatic carbocycles. The third-order valence-electron chi connectivity index (χ3n) is 3.83. The molecule has 7 heteroatoms. The van der Waals surface area contributed by atoms with Crippen LogP contribution in [-0.2, 0) is 11.2 Å².